The Morgan fingerprint density at radius 1 is 1.33 bits per heavy atom. The number of carbonyl (C=O) groups is 1. The number of aldehydes is 1. The van der Waals surface area contributed by atoms with E-state index < -0.39 is 0 Å². The molecule has 2 rings (SSSR count). The van der Waals surface area contributed by atoms with Gasteiger partial charge < -0.3 is 9.53 Å². The summed E-state index contributed by atoms with van der Waals surface area (Å²) in [6.45, 7) is 0. The van der Waals surface area contributed by atoms with E-state index >= 15 is 0 Å². The average Bonchev–Trinajstić information content (AvgIpc) is 2.61. The van der Waals surface area contributed by atoms with Crippen molar-refractivity contribution in [2.75, 3.05) is 7.11 Å². The van der Waals surface area contributed by atoms with Crippen LogP contribution in [0.5, 0.6) is 0 Å². The number of fused-ring (bicyclic) bond motifs is 2. The molecule has 2 bridgehead atoms. The topological polar surface area (TPSA) is 26.3 Å². The molecule has 2 heteroatoms. The second-order valence-corrected chi connectivity index (χ2v) is 4.43. The molecule has 0 amide bonds. The van der Waals surface area contributed by atoms with Gasteiger partial charge in [-0.1, -0.05) is 0 Å². The van der Waals surface area contributed by atoms with E-state index in [0.29, 0.717) is 5.41 Å². The van der Waals surface area contributed by atoms with Crippen LogP contribution in [-0.4, -0.2) is 19.0 Å². The van der Waals surface area contributed by atoms with E-state index in [1.54, 1.807) is 0 Å². The minimum atomic E-state index is 0.156. The van der Waals surface area contributed by atoms with E-state index in [4.69, 9.17) is 4.74 Å². The van der Waals surface area contributed by atoms with Crippen molar-refractivity contribution >= 4 is 6.29 Å². The normalized spacial score (nSPS) is 45.1. The van der Waals surface area contributed by atoms with Crippen molar-refractivity contribution in [3.05, 3.63) is 0 Å². The molecule has 0 atom stereocenters. The van der Waals surface area contributed by atoms with Crippen LogP contribution in [0.4, 0.5) is 0 Å². The minimum absolute atomic E-state index is 0.156. The summed E-state index contributed by atoms with van der Waals surface area (Å²) in [6, 6.07) is 0. The Balaban J connectivity index is 2.11. The van der Waals surface area contributed by atoms with Crippen molar-refractivity contribution in [3.8, 4) is 0 Å². The molecule has 2 nitrogen and oxygen atoms in total. The molecule has 12 heavy (non-hydrogen) atoms. The van der Waals surface area contributed by atoms with Crippen LogP contribution < -0.4 is 0 Å². The maximum Gasteiger partial charge on any atom is 0.120 e. The zero-order valence-corrected chi connectivity index (χ0v) is 7.64. The van der Waals surface area contributed by atoms with Gasteiger partial charge in [0.25, 0.3) is 0 Å². The number of carbonyl (C=O) groups excluding carboxylic acids is 1. The molecule has 0 aromatic carbocycles. The van der Waals surface area contributed by atoms with Gasteiger partial charge in [-0.05, 0) is 37.5 Å². The van der Waals surface area contributed by atoms with Gasteiger partial charge in [0, 0.05) is 13.5 Å². The van der Waals surface area contributed by atoms with Gasteiger partial charge in [0.15, 0.2) is 0 Å². The van der Waals surface area contributed by atoms with E-state index in [-0.39, 0.29) is 5.60 Å². The van der Waals surface area contributed by atoms with Crippen LogP contribution >= 0.6 is 0 Å². The van der Waals surface area contributed by atoms with Crippen molar-refractivity contribution in [3.63, 3.8) is 0 Å². The van der Waals surface area contributed by atoms with E-state index in [1.807, 2.05) is 7.11 Å². The number of ether oxygens (including phenoxy) is 1. The fraction of sp³-hybridized carbons (Fsp3) is 0.900. The smallest absolute Gasteiger partial charge is 0.120 e. The SMILES string of the molecule is COC12CCC(CC=O)(CC1)C2. The Morgan fingerprint density at radius 3 is 2.42 bits per heavy atom. The quantitative estimate of drug-likeness (QED) is 0.602. The highest BCUT2D eigenvalue weighted by Crippen LogP contribution is 2.59. The van der Waals surface area contributed by atoms with Crippen LogP contribution in [0.3, 0.4) is 0 Å². The summed E-state index contributed by atoms with van der Waals surface area (Å²) in [5, 5.41) is 0. The lowest BCUT2D eigenvalue weighted by molar-refractivity contribution is -0.109. The Morgan fingerprint density at radius 2 is 2.00 bits per heavy atom. The van der Waals surface area contributed by atoms with Gasteiger partial charge in [0.1, 0.15) is 6.29 Å². The van der Waals surface area contributed by atoms with Crippen LogP contribution in [0, 0.1) is 5.41 Å². The van der Waals surface area contributed by atoms with Crippen molar-refractivity contribution in [2.45, 2.75) is 44.1 Å². The van der Waals surface area contributed by atoms with E-state index in [2.05, 4.69) is 0 Å². The summed E-state index contributed by atoms with van der Waals surface area (Å²) >= 11 is 0. The molecule has 0 aromatic heterocycles. The lowest BCUT2D eigenvalue weighted by Gasteiger charge is -2.25. The zero-order chi connectivity index (χ0) is 8.66. The molecule has 0 heterocycles. The standard InChI is InChI=1S/C10H16O2/c1-12-10-4-2-9(8-10,3-5-10)6-7-11/h7H,2-6,8H2,1H3. The molecule has 0 aliphatic heterocycles. The first kappa shape index (κ1) is 8.24. The maximum atomic E-state index is 10.5. The highest BCUT2D eigenvalue weighted by atomic mass is 16.5. The molecule has 0 N–H and O–H groups in total. The monoisotopic (exact) mass is 168 g/mol. The third kappa shape index (κ3) is 1.01. The summed E-state index contributed by atoms with van der Waals surface area (Å²) in [4.78, 5) is 10.5. The summed E-state index contributed by atoms with van der Waals surface area (Å²) in [5.41, 5.74) is 0.487. The van der Waals surface area contributed by atoms with E-state index in [0.717, 1.165) is 32.0 Å². The largest absolute Gasteiger partial charge is 0.378 e. The number of rotatable bonds is 3. The minimum Gasteiger partial charge on any atom is -0.378 e. The fourth-order valence-corrected chi connectivity index (χ4v) is 3.00. The summed E-state index contributed by atoms with van der Waals surface area (Å²) < 4.78 is 5.55. The van der Waals surface area contributed by atoms with Gasteiger partial charge in [0.05, 0.1) is 5.60 Å². The van der Waals surface area contributed by atoms with Gasteiger partial charge >= 0.3 is 0 Å². The highest BCUT2D eigenvalue weighted by Gasteiger charge is 2.54. The number of methoxy groups -OCH3 is 1. The molecule has 0 radical (unpaired) electrons. The summed E-state index contributed by atoms with van der Waals surface area (Å²) in [7, 11) is 1.81. The predicted molar refractivity (Wildman–Crippen MR) is 45.9 cm³/mol. The van der Waals surface area contributed by atoms with Crippen LogP contribution in [0.25, 0.3) is 0 Å². The van der Waals surface area contributed by atoms with Gasteiger partial charge in [-0.25, -0.2) is 0 Å². The van der Waals surface area contributed by atoms with Crippen molar-refractivity contribution in [2.24, 2.45) is 5.41 Å². The van der Waals surface area contributed by atoms with Crippen LogP contribution in [0.15, 0.2) is 0 Å². The Kier molecular flexibility index (Phi) is 1.76. The highest BCUT2D eigenvalue weighted by molar-refractivity contribution is 5.51. The second kappa shape index (κ2) is 2.56. The van der Waals surface area contributed by atoms with E-state index in [9.17, 15) is 4.79 Å². The van der Waals surface area contributed by atoms with Crippen LogP contribution in [0.1, 0.15) is 38.5 Å². The molecular formula is C10H16O2. The molecular weight excluding hydrogens is 152 g/mol. The molecule has 2 aliphatic carbocycles. The fourth-order valence-electron chi connectivity index (χ4n) is 3.00. The van der Waals surface area contributed by atoms with Gasteiger partial charge in [-0.15, -0.1) is 0 Å². The first-order valence-corrected chi connectivity index (χ1v) is 4.73. The molecule has 0 aromatic rings. The predicted octanol–water partition coefficient (Wildman–Crippen LogP) is 1.92. The molecule has 68 valence electrons. The van der Waals surface area contributed by atoms with Crippen LogP contribution in [-0.2, 0) is 9.53 Å². The zero-order valence-electron chi connectivity index (χ0n) is 7.64. The Hall–Kier alpha value is -0.370. The molecule has 2 fully saturated rings. The summed E-state index contributed by atoms with van der Waals surface area (Å²) in [6.07, 6.45) is 7.66. The second-order valence-electron chi connectivity index (χ2n) is 4.43. The lowest BCUT2D eigenvalue weighted by Crippen LogP contribution is -2.24. The van der Waals surface area contributed by atoms with E-state index in [1.165, 1.54) is 12.8 Å². The summed E-state index contributed by atoms with van der Waals surface area (Å²) in [5.74, 6) is 0. The molecule has 0 spiro atoms. The average molecular weight is 168 g/mol. The lowest BCUT2D eigenvalue weighted by atomic mass is 9.82. The van der Waals surface area contributed by atoms with Crippen molar-refractivity contribution < 1.29 is 9.53 Å². The van der Waals surface area contributed by atoms with Gasteiger partial charge in [-0.3, -0.25) is 0 Å². The van der Waals surface area contributed by atoms with Gasteiger partial charge in [0.2, 0.25) is 0 Å². The maximum absolute atomic E-state index is 10.5. The molecule has 0 saturated heterocycles. The number of hydrogen-bond acceptors (Lipinski definition) is 2. The first-order chi connectivity index (χ1) is 5.74. The molecule has 2 aliphatic rings. The Labute approximate surface area is 73.3 Å². The Bertz CT molecular complexity index is 190. The molecule has 2 saturated carbocycles. The molecule has 0 unspecified atom stereocenters. The van der Waals surface area contributed by atoms with Crippen LogP contribution in [0.2, 0.25) is 0 Å². The van der Waals surface area contributed by atoms with Crippen molar-refractivity contribution in [1.82, 2.24) is 0 Å². The number of hydrogen-bond donors (Lipinski definition) is 0. The third-order valence-corrected chi connectivity index (χ3v) is 3.87. The first-order valence-electron chi connectivity index (χ1n) is 4.73. The van der Waals surface area contributed by atoms with Crippen molar-refractivity contribution in [1.29, 1.82) is 0 Å². The van der Waals surface area contributed by atoms with Gasteiger partial charge in [-0.2, -0.15) is 0 Å². The third-order valence-electron chi connectivity index (χ3n) is 3.87.